The third-order valence-electron chi connectivity index (χ3n) is 4.13. The molecule has 0 aliphatic heterocycles. The lowest BCUT2D eigenvalue weighted by atomic mass is 10.1. The van der Waals surface area contributed by atoms with Crippen LogP contribution in [0.5, 0.6) is 5.75 Å². The van der Waals surface area contributed by atoms with E-state index < -0.39 is 0 Å². The van der Waals surface area contributed by atoms with Crippen LogP contribution in [0.15, 0.2) is 69.6 Å². The third kappa shape index (κ3) is 6.78. The lowest BCUT2D eigenvalue weighted by molar-refractivity contribution is 0.340. The van der Waals surface area contributed by atoms with E-state index in [0.717, 1.165) is 43.4 Å². The van der Waals surface area contributed by atoms with Crippen LogP contribution < -0.4 is 15.4 Å². The molecule has 0 fully saturated rings. The van der Waals surface area contributed by atoms with E-state index in [2.05, 4.69) is 40.3 Å². The summed E-state index contributed by atoms with van der Waals surface area (Å²) in [4.78, 5) is 5.96. The smallest absolute Gasteiger partial charge is 0.191 e. The number of aliphatic imine (C=N–C) groups is 1. The molecule has 2 heterocycles. The topological polar surface area (TPSA) is 58.8 Å². The van der Waals surface area contributed by atoms with Crippen molar-refractivity contribution in [3.8, 4) is 5.75 Å². The minimum absolute atomic E-state index is 0.674. The number of thiophene rings is 1. The Kier molecular flexibility index (Phi) is 8.00. The molecule has 0 bridgehead atoms. The van der Waals surface area contributed by atoms with E-state index >= 15 is 0 Å². The van der Waals surface area contributed by atoms with Crippen molar-refractivity contribution >= 4 is 17.3 Å². The Morgan fingerprint density at radius 2 is 1.96 bits per heavy atom. The molecule has 0 saturated carbocycles. The van der Waals surface area contributed by atoms with Crippen LogP contribution in [0.1, 0.15) is 23.1 Å². The van der Waals surface area contributed by atoms with E-state index in [-0.39, 0.29) is 0 Å². The van der Waals surface area contributed by atoms with Crippen LogP contribution in [-0.4, -0.2) is 25.7 Å². The third-order valence-corrected chi connectivity index (χ3v) is 4.99. The maximum atomic E-state index is 5.58. The molecule has 2 aromatic heterocycles. The summed E-state index contributed by atoms with van der Waals surface area (Å²) in [5, 5.41) is 8.91. The first-order valence-electron chi connectivity index (χ1n) is 9.62. The number of nitrogens with zero attached hydrogens (tertiary/aromatic N) is 1. The van der Waals surface area contributed by atoms with Gasteiger partial charge in [-0.05, 0) is 54.6 Å². The van der Waals surface area contributed by atoms with E-state index in [4.69, 9.17) is 14.1 Å². The van der Waals surface area contributed by atoms with E-state index in [9.17, 15) is 0 Å². The number of hydrogen-bond donors (Lipinski definition) is 2. The highest BCUT2D eigenvalue weighted by Crippen LogP contribution is 2.13. The van der Waals surface area contributed by atoms with Gasteiger partial charge in [-0.15, -0.1) is 11.3 Å². The second-order valence-corrected chi connectivity index (χ2v) is 7.29. The summed E-state index contributed by atoms with van der Waals surface area (Å²) >= 11 is 1.72. The number of nitrogens with one attached hydrogen (secondary N) is 2. The molecule has 0 atom stereocenters. The van der Waals surface area contributed by atoms with Gasteiger partial charge in [-0.1, -0.05) is 18.2 Å². The fourth-order valence-corrected chi connectivity index (χ4v) is 3.40. The fourth-order valence-electron chi connectivity index (χ4n) is 2.78. The largest absolute Gasteiger partial charge is 0.494 e. The predicted octanol–water partition coefficient (Wildman–Crippen LogP) is 4.26. The van der Waals surface area contributed by atoms with Crippen molar-refractivity contribution in [1.82, 2.24) is 10.6 Å². The van der Waals surface area contributed by atoms with Crippen molar-refractivity contribution < 1.29 is 9.15 Å². The maximum absolute atomic E-state index is 5.58. The van der Waals surface area contributed by atoms with Crippen molar-refractivity contribution in [1.29, 1.82) is 0 Å². The SMILES string of the molecule is CCOc1cccc(CCNC(=NCc2cccs2)NCCc2ccco2)c1. The molecule has 6 heteroatoms. The molecule has 0 aliphatic carbocycles. The van der Waals surface area contributed by atoms with Gasteiger partial charge in [0.25, 0.3) is 0 Å². The average molecular weight is 398 g/mol. The van der Waals surface area contributed by atoms with Crippen molar-refractivity contribution in [3.63, 3.8) is 0 Å². The molecule has 3 aromatic rings. The average Bonchev–Trinajstić information content (AvgIpc) is 3.40. The van der Waals surface area contributed by atoms with Gasteiger partial charge in [0.15, 0.2) is 5.96 Å². The fraction of sp³-hybridized carbons (Fsp3) is 0.318. The Bertz CT molecular complexity index is 829. The molecule has 1 aromatic carbocycles. The molecule has 0 spiro atoms. The molecule has 28 heavy (non-hydrogen) atoms. The number of benzene rings is 1. The van der Waals surface area contributed by atoms with Crippen molar-refractivity contribution in [2.75, 3.05) is 19.7 Å². The van der Waals surface area contributed by atoms with Crippen LogP contribution >= 0.6 is 11.3 Å². The van der Waals surface area contributed by atoms with E-state index in [1.54, 1.807) is 17.6 Å². The van der Waals surface area contributed by atoms with Crippen LogP contribution in [-0.2, 0) is 19.4 Å². The minimum atomic E-state index is 0.674. The van der Waals surface area contributed by atoms with Gasteiger partial charge in [-0.25, -0.2) is 4.99 Å². The maximum Gasteiger partial charge on any atom is 0.191 e. The van der Waals surface area contributed by atoms with Crippen LogP contribution in [0, 0.1) is 0 Å². The molecular formula is C22H27N3O2S. The monoisotopic (exact) mass is 397 g/mol. The molecule has 0 saturated heterocycles. The van der Waals surface area contributed by atoms with Gasteiger partial charge < -0.3 is 19.8 Å². The zero-order chi connectivity index (χ0) is 19.4. The molecule has 148 valence electrons. The summed E-state index contributed by atoms with van der Waals surface area (Å²) in [6.45, 7) is 4.92. The standard InChI is InChI=1S/C22H27N3O2S/c1-2-26-20-7-3-6-18(16-20)10-12-23-22(25-17-21-9-5-15-28-21)24-13-11-19-8-4-14-27-19/h3-9,14-16H,2,10-13,17H2,1H3,(H2,23,24,25). The predicted molar refractivity (Wildman–Crippen MR) is 115 cm³/mol. The number of guanidine groups is 1. The van der Waals surface area contributed by atoms with Gasteiger partial charge in [0.1, 0.15) is 11.5 Å². The zero-order valence-corrected chi connectivity index (χ0v) is 17.0. The second kappa shape index (κ2) is 11.2. The Morgan fingerprint density at radius 3 is 2.71 bits per heavy atom. The molecular weight excluding hydrogens is 370 g/mol. The van der Waals surface area contributed by atoms with Gasteiger partial charge >= 0.3 is 0 Å². The van der Waals surface area contributed by atoms with E-state index in [1.807, 2.05) is 31.2 Å². The molecule has 0 amide bonds. The first-order valence-corrected chi connectivity index (χ1v) is 10.5. The lowest BCUT2D eigenvalue weighted by Gasteiger charge is -2.13. The zero-order valence-electron chi connectivity index (χ0n) is 16.2. The lowest BCUT2D eigenvalue weighted by Crippen LogP contribution is -2.39. The Labute approximate surface area is 170 Å². The highest BCUT2D eigenvalue weighted by atomic mass is 32.1. The Morgan fingerprint density at radius 1 is 1.07 bits per heavy atom. The van der Waals surface area contributed by atoms with Crippen molar-refractivity contribution in [2.45, 2.75) is 26.3 Å². The summed E-state index contributed by atoms with van der Waals surface area (Å²) in [5.74, 6) is 2.71. The number of rotatable bonds is 10. The molecule has 2 N–H and O–H groups in total. The van der Waals surface area contributed by atoms with Crippen LogP contribution in [0.25, 0.3) is 0 Å². The molecule has 5 nitrogen and oxygen atoms in total. The second-order valence-electron chi connectivity index (χ2n) is 6.26. The number of hydrogen-bond acceptors (Lipinski definition) is 4. The highest BCUT2D eigenvalue weighted by Gasteiger charge is 2.02. The van der Waals surface area contributed by atoms with Gasteiger partial charge in [0.05, 0.1) is 19.4 Å². The first kappa shape index (κ1) is 20.0. The van der Waals surface area contributed by atoms with Gasteiger partial charge in [-0.3, -0.25) is 0 Å². The van der Waals surface area contributed by atoms with Gasteiger partial charge in [-0.2, -0.15) is 0 Å². The van der Waals surface area contributed by atoms with Crippen LogP contribution in [0.4, 0.5) is 0 Å². The van der Waals surface area contributed by atoms with Crippen molar-refractivity contribution in [2.24, 2.45) is 4.99 Å². The Hall–Kier alpha value is -2.73. The number of furan rings is 1. The molecule has 0 radical (unpaired) electrons. The first-order chi connectivity index (χ1) is 13.8. The van der Waals surface area contributed by atoms with Crippen LogP contribution in [0.3, 0.4) is 0 Å². The summed E-state index contributed by atoms with van der Waals surface area (Å²) in [6, 6.07) is 16.3. The van der Waals surface area contributed by atoms with Crippen molar-refractivity contribution in [3.05, 3.63) is 76.4 Å². The minimum Gasteiger partial charge on any atom is -0.494 e. The summed E-state index contributed by atoms with van der Waals surface area (Å²) in [7, 11) is 0. The van der Waals surface area contributed by atoms with E-state index in [1.165, 1.54) is 10.4 Å². The number of ether oxygens (including phenoxy) is 1. The van der Waals surface area contributed by atoms with Gasteiger partial charge in [0.2, 0.25) is 0 Å². The Balaban J connectivity index is 1.51. The normalized spacial score (nSPS) is 11.4. The quantitative estimate of drug-likeness (QED) is 0.396. The summed E-state index contributed by atoms with van der Waals surface area (Å²) in [5.41, 5.74) is 1.24. The summed E-state index contributed by atoms with van der Waals surface area (Å²) in [6.07, 6.45) is 3.43. The molecule has 3 rings (SSSR count). The molecule has 0 unspecified atom stereocenters. The molecule has 0 aliphatic rings. The van der Waals surface area contributed by atoms with Crippen LogP contribution in [0.2, 0.25) is 0 Å². The van der Waals surface area contributed by atoms with E-state index in [0.29, 0.717) is 13.2 Å². The van der Waals surface area contributed by atoms with Gasteiger partial charge in [0, 0.05) is 24.4 Å². The highest BCUT2D eigenvalue weighted by molar-refractivity contribution is 7.09. The summed E-state index contributed by atoms with van der Waals surface area (Å²) < 4.78 is 11.0.